The summed E-state index contributed by atoms with van der Waals surface area (Å²) < 4.78 is 36.3. The zero-order valence-electron chi connectivity index (χ0n) is 7.09. The van der Waals surface area contributed by atoms with Gasteiger partial charge in [-0.15, -0.1) is 11.3 Å². The van der Waals surface area contributed by atoms with Crippen LogP contribution in [0.25, 0.3) is 0 Å². The molecule has 0 spiro atoms. The second-order valence-corrected chi connectivity index (χ2v) is 5.63. The lowest BCUT2D eigenvalue weighted by molar-refractivity contribution is -0.170. The summed E-state index contributed by atoms with van der Waals surface area (Å²) >= 11 is 7.11. The van der Waals surface area contributed by atoms with Crippen LogP contribution in [0.2, 0.25) is 0 Å². The van der Waals surface area contributed by atoms with Gasteiger partial charge < -0.3 is 0 Å². The fraction of sp³-hybridized carbons (Fsp3) is 0.375. The van der Waals surface area contributed by atoms with Crippen molar-refractivity contribution in [1.29, 1.82) is 0 Å². The number of carbonyl (C=O) groups is 1. The van der Waals surface area contributed by atoms with Gasteiger partial charge in [0.15, 0.2) is 0 Å². The highest BCUT2D eigenvalue weighted by atomic mass is 79.9. The Morgan fingerprint density at radius 3 is 2.40 bits per heavy atom. The monoisotopic (exact) mass is 364 g/mol. The number of hydrogen-bond acceptors (Lipinski definition) is 2. The Balaban J connectivity index is 2.78. The summed E-state index contributed by atoms with van der Waals surface area (Å²) in [6.07, 6.45) is -4.81. The van der Waals surface area contributed by atoms with E-state index in [1.54, 1.807) is 17.5 Å². The first kappa shape index (κ1) is 13.2. The first-order chi connectivity index (χ1) is 6.84. The number of ketones is 1. The van der Waals surface area contributed by atoms with Crippen molar-refractivity contribution in [3.8, 4) is 0 Å². The molecule has 0 fully saturated rings. The van der Waals surface area contributed by atoms with E-state index in [1.165, 1.54) is 11.3 Å². The van der Waals surface area contributed by atoms with Crippen molar-refractivity contribution in [1.82, 2.24) is 0 Å². The normalized spacial score (nSPS) is 16.1. The number of carbonyl (C=O) groups excluding carboxylic acids is 1. The molecule has 2 unspecified atom stereocenters. The van der Waals surface area contributed by atoms with Crippen LogP contribution >= 0.6 is 43.2 Å². The fourth-order valence-corrected chi connectivity index (χ4v) is 3.05. The summed E-state index contributed by atoms with van der Waals surface area (Å²) in [7, 11) is 0. The molecule has 7 heteroatoms. The maximum Gasteiger partial charge on any atom is 0.451 e. The molecule has 0 saturated heterocycles. The molecule has 1 aromatic rings. The van der Waals surface area contributed by atoms with Crippen LogP contribution in [0.4, 0.5) is 13.2 Å². The summed E-state index contributed by atoms with van der Waals surface area (Å²) in [6.45, 7) is 0. The summed E-state index contributed by atoms with van der Waals surface area (Å²) in [5.41, 5.74) is 0. The molecule has 15 heavy (non-hydrogen) atoms. The van der Waals surface area contributed by atoms with Crippen LogP contribution in [-0.4, -0.2) is 16.8 Å². The van der Waals surface area contributed by atoms with Gasteiger partial charge in [0.05, 0.1) is 9.65 Å². The van der Waals surface area contributed by atoms with Crippen LogP contribution in [0.15, 0.2) is 17.5 Å². The van der Waals surface area contributed by atoms with E-state index in [4.69, 9.17) is 0 Å². The number of thiophene rings is 1. The molecule has 1 aromatic heterocycles. The van der Waals surface area contributed by atoms with Gasteiger partial charge in [0, 0.05) is 4.88 Å². The van der Waals surface area contributed by atoms with Gasteiger partial charge in [0.1, 0.15) is 0 Å². The molecule has 84 valence electrons. The zero-order valence-corrected chi connectivity index (χ0v) is 11.1. The van der Waals surface area contributed by atoms with Crippen LogP contribution in [0, 0.1) is 0 Å². The Labute approximate surface area is 105 Å². The van der Waals surface area contributed by atoms with E-state index in [1.807, 2.05) is 0 Å². The fourth-order valence-electron chi connectivity index (χ4n) is 0.882. The van der Waals surface area contributed by atoms with Crippen molar-refractivity contribution < 1.29 is 18.0 Å². The number of alkyl halides is 5. The molecule has 0 aliphatic carbocycles. The molecular weight excluding hydrogens is 361 g/mol. The van der Waals surface area contributed by atoms with Gasteiger partial charge in [-0.2, -0.15) is 13.2 Å². The molecule has 0 aromatic carbocycles. The van der Waals surface area contributed by atoms with E-state index in [0.29, 0.717) is 4.88 Å². The van der Waals surface area contributed by atoms with E-state index in [9.17, 15) is 18.0 Å². The molecule has 0 amide bonds. The van der Waals surface area contributed by atoms with Gasteiger partial charge in [-0.3, -0.25) is 4.79 Å². The number of halogens is 5. The minimum Gasteiger partial charge on any atom is -0.288 e. The molecule has 2 atom stereocenters. The Morgan fingerprint density at radius 2 is 2.00 bits per heavy atom. The third-order valence-electron chi connectivity index (χ3n) is 1.60. The Hall–Kier alpha value is 0.120. The van der Waals surface area contributed by atoms with Crippen LogP contribution in [-0.2, 0) is 4.79 Å². The van der Waals surface area contributed by atoms with Gasteiger partial charge in [-0.05, 0) is 11.4 Å². The Bertz CT molecular complexity index is 336. The minimum absolute atomic E-state index is 0.661. The quantitative estimate of drug-likeness (QED) is 0.737. The third-order valence-corrected chi connectivity index (χ3v) is 5.54. The topological polar surface area (TPSA) is 17.1 Å². The highest BCUT2D eigenvalue weighted by molar-refractivity contribution is 9.12. The second-order valence-electron chi connectivity index (χ2n) is 2.68. The van der Waals surface area contributed by atoms with Crippen molar-refractivity contribution in [2.24, 2.45) is 0 Å². The maximum atomic E-state index is 12.1. The molecule has 0 saturated carbocycles. The molecule has 0 bridgehead atoms. The largest absolute Gasteiger partial charge is 0.451 e. The molecule has 1 rings (SSSR count). The summed E-state index contributed by atoms with van der Waals surface area (Å²) in [6, 6.07) is 3.38. The van der Waals surface area contributed by atoms with Crippen molar-refractivity contribution in [3.63, 3.8) is 0 Å². The maximum absolute atomic E-state index is 12.1. The van der Waals surface area contributed by atoms with E-state index in [-0.39, 0.29) is 0 Å². The van der Waals surface area contributed by atoms with Gasteiger partial charge in [0.25, 0.3) is 5.78 Å². The molecular formula is C8H5Br2F3OS. The lowest BCUT2D eigenvalue weighted by Crippen LogP contribution is -2.32. The Kier molecular flexibility index (Phi) is 4.37. The molecule has 1 heterocycles. The van der Waals surface area contributed by atoms with Gasteiger partial charge in [-0.25, -0.2) is 0 Å². The van der Waals surface area contributed by atoms with Crippen molar-refractivity contribution >= 4 is 49.0 Å². The number of Topliss-reactive ketones (excluding diaryl/α,β-unsaturated/α-hetero) is 1. The molecule has 0 aliphatic heterocycles. The van der Waals surface area contributed by atoms with Crippen LogP contribution < -0.4 is 0 Å². The second kappa shape index (κ2) is 4.97. The van der Waals surface area contributed by atoms with Crippen molar-refractivity contribution in [2.75, 3.05) is 0 Å². The predicted molar refractivity (Wildman–Crippen MR) is 59.8 cm³/mol. The summed E-state index contributed by atoms with van der Waals surface area (Å²) in [5, 5.41) is 1.74. The summed E-state index contributed by atoms with van der Waals surface area (Å²) in [4.78, 5) is 9.62. The van der Waals surface area contributed by atoms with E-state index in [2.05, 4.69) is 31.9 Å². The smallest absolute Gasteiger partial charge is 0.288 e. The molecule has 1 nitrogen and oxygen atoms in total. The van der Waals surface area contributed by atoms with Crippen molar-refractivity contribution in [2.45, 2.75) is 15.8 Å². The predicted octanol–water partition coefficient (Wildman–Crippen LogP) is 4.08. The average molecular weight is 366 g/mol. The SMILES string of the molecule is O=C(C(Br)C(Br)c1cccs1)C(F)(F)F. The average Bonchev–Trinajstić information content (AvgIpc) is 2.65. The Morgan fingerprint density at radius 1 is 1.40 bits per heavy atom. The highest BCUT2D eigenvalue weighted by Crippen LogP contribution is 2.37. The number of rotatable bonds is 3. The summed E-state index contributed by atoms with van der Waals surface area (Å²) in [5.74, 6) is -1.78. The lowest BCUT2D eigenvalue weighted by atomic mass is 10.2. The third kappa shape index (κ3) is 3.29. The van der Waals surface area contributed by atoms with Gasteiger partial charge >= 0.3 is 6.18 Å². The van der Waals surface area contributed by atoms with E-state index >= 15 is 0 Å². The van der Waals surface area contributed by atoms with Crippen LogP contribution in [0.5, 0.6) is 0 Å². The standard InChI is InChI=1S/C8H5Br2F3OS/c9-5(4-2-1-3-15-4)6(10)7(14)8(11,12)13/h1-3,5-6H. The van der Waals surface area contributed by atoms with E-state index in [0.717, 1.165) is 0 Å². The van der Waals surface area contributed by atoms with Crippen LogP contribution in [0.3, 0.4) is 0 Å². The first-order valence-electron chi connectivity index (χ1n) is 3.76. The van der Waals surface area contributed by atoms with E-state index < -0.39 is 21.6 Å². The molecule has 0 aliphatic rings. The van der Waals surface area contributed by atoms with Crippen LogP contribution in [0.1, 0.15) is 9.70 Å². The molecule has 0 N–H and O–H groups in total. The van der Waals surface area contributed by atoms with Gasteiger partial charge in [0.2, 0.25) is 0 Å². The minimum atomic E-state index is -4.81. The van der Waals surface area contributed by atoms with Gasteiger partial charge in [-0.1, -0.05) is 37.9 Å². The highest BCUT2D eigenvalue weighted by Gasteiger charge is 2.45. The lowest BCUT2D eigenvalue weighted by Gasteiger charge is -2.15. The zero-order chi connectivity index (χ0) is 11.6. The number of hydrogen-bond donors (Lipinski definition) is 0. The first-order valence-corrected chi connectivity index (χ1v) is 6.47. The molecule has 0 radical (unpaired) electrons. The van der Waals surface area contributed by atoms with Crippen molar-refractivity contribution in [3.05, 3.63) is 22.4 Å².